The number of ether oxygens (including phenoxy) is 1. The number of imidazole rings is 1. The van der Waals surface area contributed by atoms with Gasteiger partial charge in [0.05, 0.1) is 25.6 Å². The van der Waals surface area contributed by atoms with E-state index in [1.807, 2.05) is 34.9 Å². The Kier molecular flexibility index (Phi) is 6.83. The molecular formula is C25H30N6O3. The minimum absolute atomic E-state index is 0.0842. The van der Waals surface area contributed by atoms with Crippen LogP contribution >= 0.6 is 0 Å². The number of fused-ring (bicyclic) bond motifs is 1. The molecule has 0 aliphatic rings. The molecule has 0 fully saturated rings. The van der Waals surface area contributed by atoms with Gasteiger partial charge in [-0.25, -0.2) is 4.98 Å². The lowest BCUT2D eigenvalue weighted by atomic mass is 10.1. The summed E-state index contributed by atoms with van der Waals surface area (Å²) in [6.45, 7) is 4.98. The zero-order valence-corrected chi connectivity index (χ0v) is 19.6. The molecule has 2 aromatic carbocycles. The van der Waals surface area contributed by atoms with E-state index in [2.05, 4.69) is 32.7 Å². The average molecular weight is 463 g/mol. The first-order valence-corrected chi connectivity index (χ1v) is 11.2. The summed E-state index contributed by atoms with van der Waals surface area (Å²) in [5.41, 5.74) is 2.32. The molecule has 4 N–H and O–H groups in total. The number of methoxy groups -OCH3 is 1. The normalized spacial score (nSPS) is 11.5. The molecule has 0 radical (unpaired) electrons. The number of benzene rings is 2. The van der Waals surface area contributed by atoms with E-state index in [4.69, 9.17) is 9.72 Å². The molecule has 0 saturated heterocycles. The number of rotatable bonds is 10. The van der Waals surface area contributed by atoms with Crippen molar-refractivity contribution < 1.29 is 14.9 Å². The highest BCUT2D eigenvalue weighted by Crippen LogP contribution is 2.30. The second-order valence-electron chi connectivity index (χ2n) is 8.74. The highest BCUT2D eigenvalue weighted by Gasteiger charge is 2.16. The van der Waals surface area contributed by atoms with E-state index in [0.29, 0.717) is 60.3 Å². The van der Waals surface area contributed by atoms with Crippen molar-refractivity contribution in [3.63, 3.8) is 0 Å². The van der Waals surface area contributed by atoms with Crippen LogP contribution in [0.3, 0.4) is 0 Å². The number of aromatic hydroxyl groups is 1. The first-order chi connectivity index (χ1) is 16.3. The fraction of sp³-hybridized carbons (Fsp3) is 0.320. The van der Waals surface area contributed by atoms with Crippen LogP contribution in [0.15, 0.2) is 54.9 Å². The van der Waals surface area contributed by atoms with Crippen molar-refractivity contribution in [3.05, 3.63) is 66.0 Å². The average Bonchev–Trinajstić information content (AvgIpc) is 3.21. The summed E-state index contributed by atoms with van der Waals surface area (Å²) in [6, 6.07) is 15.4. The Morgan fingerprint density at radius 1 is 1.03 bits per heavy atom. The molecule has 0 bridgehead atoms. The second kappa shape index (κ2) is 9.96. The van der Waals surface area contributed by atoms with Crippen LogP contribution in [0, 0.1) is 0 Å². The quantitative estimate of drug-likeness (QED) is 0.281. The van der Waals surface area contributed by atoms with E-state index in [1.54, 1.807) is 26.2 Å². The van der Waals surface area contributed by atoms with Gasteiger partial charge in [-0.2, -0.15) is 9.97 Å². The number of aliphatic hydroxyl groups is 1. The van der Waals surface area contributed by atoms with Gasteiger partial charge < -0.3 is 30.2 Å². The van der Waals surface area contributed by atoms with Crippen LogP contribution in [0.5, 0.6) is 11.5 Å². The van der Waals surface area contributed by atoms with Crippen molar-refractivity contribution in [1.82, 2.24) is 19.5 Å². The molecular weight excluding hydrogens is 432 g/mol. The second-order valence-corrected chi connectivity index (χ2v) is 8.74. The standard InChI is InChI=1S/C25H30N6O3/c1-25(2,33)12-13-26-24-29-22(27-14-18-10-7-11-19(34-3)21(18)32)20-23(30-24)31(16-28-20)15-17-8-5-4-6-9-17/h4-11,16,32-33H,12-15H2,1-3H3,(H2,26,27,29,30). The predicted molar refractivity (Wildman–Crippen MR) is 132 cm³/mol. The lowest BCUT2D eigenvalue weighted by Crippen LogP contribution is -2.23. The van der Waals surface area contributed by atoms with Gasteiger partial charge in [0, 0.05) is 18.7 Å². The molecule has 0 amide bonds. The number of anilines is 2. The van der Waals surface area contributed by atoms with Crippen LogP contribution in [-0.2, 0) is 13.1 Å². The third kappa shape index (κ3) is 5.55. The number of nitrogens with one attached hydrogen (secondary N) is 2. The Morgan fingerprint density at radius 3 is 2.56 bits per heavy atom. The summed E-state index contributed by atoms with van der Waals surface area (Å²) in [6.07, 6.45) is 2.29. The number of nitrogens with zero attached hydrogens (tertiary/aromatic N) is 4. The van der Waals surface area contributed by atoms with E-state index >= 15 is 0 Å². The number of phenols is 1. The third-order valence-electron chi connectivity index (χ3n) is 5.43. The Balaban J connectivity index is 1.64. The van der Waals surface area contributed by atoms with Crippen molar-refractivity contribution in [3.8, 4) is 11.5 Å². The zero-order valence-electron chi connectivity index (χ0n) is 19.6. The summed E-state index contributed by atoms with van der Waals surface area (Å²) in [5, 5.41) is 27.0. The van der Waals surface area contributed by atoms with Gasteiger partial charge in [0.25, 0.3) is 0 Å². The molecule has 9 heteroatoms. The Labute approximate surface area is 198 Å². The molecule has 0 saturated carbocycles. The number of phenolic OH excluding ortho intramolecular Hbond substituents is 1. The first kappa shape index (κ1) is 23.3. The molecule has 178 valence electrons. The van der Waals surface area contributed by atoms with E-state index in [-0.39, 0.29) is 5.75 Å². The monoisotopic (exact) mass is 462 g/mol. The molecule has 0 atom stereocenters. The van der Waals surface area contributed by atoms with Crippen LogP contribution in [0.4, 0.5) is 11.8 Å². The number of hydrogen-bond donors (Lipinski definition) is 4. The van der Waals surface area contributed by atoms with Gasteiger partial charge in [-0.15, -0.1) is 0 Å². The SMILES string of the molecule is COc1cccc(CNc2nc(NCCC(C)(C)O)nc3c2ncn3Cc2ccccc2)c1O. The van der Waals surface area contributed by atoms with Crippen molar-refractivity contribution in [2.24, 2.45) is 0 Å². The minimum Gasteiger partial charge on any atom is -0.504 e. The lowest BCUT2D eigenvalue weighted by Gasteiger charge is -2.17. The molecule has 4 aromatic rings. The third-order valence-corrected chi connectivity index (χ3v) is 5.43. The molecule has 2 heterocycles. The van der Waals surface area contributed by atoms with E-state index in [9.17, 15) is 10.2 Å². The van der Waals surface area contributed by atoms with Crippen LogP contribution in [0.2, 0.25) is 0 Å². The number of aromatic nitrogens is 4. The van der Waals surface area contributed by atoms with Crippen molar-refractivity contribution in [1.29, 1.82) is 0 Å². The van der Waals surface area contributed by atoms with Gasteiger partial charge in [0.15, 0.2) is 28.5 Å². The van der Waals surface area contributed by atoms with Crippen molar-refractivity contribution >= 4 is 22.9 Å². The van der Waals surface area contributed by atoms with Gasteiger partial charge in [-0.05, 0) is 31.9 Å². The van der Waals surface area contributed by atoms with Gasteiger partial charge in [-0.1, -0.05) is 42.5 Å². The maximum absolute atomic E-state index is 10.4. The van der Waals surface area contributed by atoms with Gasteiger partial charge in [-0.3, -0.25) is 0 Å². The maximum Gasteiger partial charge on any atom is 0.226 e. The van der Waals surface area contributed by atoms with Crippen molar-refractivity contribution in [2.45, 2.75) is 39.0 Å². The molecule has 9 nitrogen and oxygen atoms in total. The van der Waals surface area contributed by atoms with Gasteiger partial charge in [0.1, 0.15) is 0 Å². The highest BCUT2D eigenvalue weighted by atomic mass is 16.5. The maximum atomic E-state index is 10.4. The topological polar surface area (TPSA) is 117 Å². The Bertz CT molecular complexity index is 1250. The van der Waals surface area contributed by atoms with Crippen LogP contribution in [-0.4, -0.2) is 49.0 Å². The van der Waals surface area contributed by atoms with Gasteiger partial charge in [0.2, 0.25) is 5.95 Å². The fourth-order valence-electron chi connectivity index (χ4n) is 3.58. The summed E-state index contributed by atoms with van der Waals surface area (Å²) < 4.78 is 7.18. The molecule has 4 rings (SSSR count). The zero-order chi connectivity index (χ0) is 24.1. The Morgan fingerprint density at radius 2 is 1.82 bits per heavy atom. The summed E-state index contributed by atoms with van der Waals surface area (Å²) in [7, 11) is 1.52. The van der Waals surface area contributed by atoms with Gasteiger partial charge >= 0.3 is 0 Å². The molecule has 0 unspecified atom stereocenters. The number of para-hydroxylation sites is 1. The van der Waals surface area contributed by atoms with Crippen LogP contribution < -0.4 is 15.4 Å². The molecule has 34 heavy (non-hydrogen) atoms. The largest absolute Gasteiger partial charge is 0.504 e. The van der Waals surface area contributed by atoms with E-state index in [1.165, 1.54) is 7.11 Å². The minimum atomic E-state index is -0.794. The smallest absolute Gasteiger partial charge is 0.226 e. The molecule has 2 aromatic heterocycles. The summed E-state index contributed by atoms with van der Waals surface area (Å²) >= 11 is 0. The first-order valence-electron chi connectivity index (χ1n) is 11.2. The highest BCUT2D eigenvalue weighted by molar-refractivity contribution is 5.84. The number of hydrogen-bond acceptors (Lipinski definition) is 8. The molecule has 0 aliphatic heterocycles. The fourth-order valence-corrected chi connectivity index (χ4v) is 3.58. The van der Waals surface area contributed by atoms with Crippen LogP contribution in [0.25, 0.3) is 11.2 Å². The summed E-state index contributed by atoms with van der Waals surface area (Å²) in [5.74, 6) is 1.47. The predicted octanol–water partition coefficient (Wildman–Crippen LogP) is 3.77. The van der Waals surface area contributed by atoms with Crippen LogP contribution in [0.1, 0.15) is 31.4 Å². The van der Waals surface area contributed by atoms with E-state index < -0.39 is 5.60 Å². The lowest BCUT2D eigenvalue weighted by molar-refractivity contribution is 0.0748. The Hall–Kier alpha value is -3.85. The molecule has 0 spiro atoms. The molecule has 0 aliphatic carbocycles. The van der Waals surface area contributed by atoms with E-state index in [0.717, 1.165) is 5.56 Å². The van der Waals surface area contributed by atoms with Crippen molar-refractivity contribution in [2.75, 3.05) is 24.3 Å². The summed E-state index contributed by atoms with van der Waals surface area (Å²) in [4.78, 5) is 13.9.